The van der Waals surface area contributed by atoms with Gasteiger partial charge >= 0.3 is 0 Å². The van der Waals surface area contributed by atoms with Crippen LogP contribution in [-0.2, 0) is 0 Å². The van der Waals surface area contributed by atoms with Gasteiger partial charge in [0.2, 0.25) is 5.91 Å². The minimum absolute atomic E-state index is 0.142. The molecule has 0 spiro atoms. The minimum atomic E-state index is -0.524. The summed E-state index contributed by atoms with van der Waals surface area (Å²) in [6.07, 6.45) is 2.20. The summed E-state index contributed by atoms with van der Waals surface area (Å²) in [4.78, 5) is 18.0. The van der Waals surface area contributed by atoms with Gasteiger partial charge in [-0.05, 0) is 69.4 Å². The molecule has 1 amide bonds. The van der Waals surface area contributed by atoms with E-state index in [0.717, 1.165) is 38.0 Å². The third kappa shape index (κ3) is 6.09. The van der Waals surface area contributed by atoms with Crippen molar-refractivity contribution in [1.29, 1.82) is 5.41 Å². The second-order valence-corrected chi connectivity index (χ2v) is 7.55. The minimum Gasteiger partial charge on any atom is -0.391 e. The number of benzene rings is 1. The van der Waals surface area contributed by atoms with Crippen LogP contribution >= 0.6 is 0 Å². The fraction of sp³-hybridized carbons (Fsp3) is 0.409. The Morgan fingerprint density at radius 1 is 1.30 bits per heavy atom. The molecule has 8 nitrogen and oxygen atoms in total. The molecule has 0 radical (unpaired) electrons. The molecule has 8 N–H and O–H groups in total. The van der Waals surface area contributed by atoms with Gasteiger partial charge in [0.25, 0.3) is 0 Å². The molecule has 2 rings (SSSR count). The number of likely N-dealkylation sites (tertiary alicyclic amines) is 1. The predicted molar refractivity (Wildman–Crippen MR) is 121 cm³/mol. The van der Waals surface area contributed by atoms with E-state index < -0.39 is 5.91 Å². The molecule has 1 saturated heterocycles. The maximum atomic E-state index is 11.4. The number of nitrogens with zero attached hydrogens (tertiary/aromatic N) is 2. The molecule has 30 heavy (non-hydrogen) atoms. The summed E-state index contributed by atoms with van der Waals surface area (Å²) in [6.45, 7) is 4.75. The average Bonchev–Trinajstić information content (AvgIpc) is 2.70. The first kappa shape index (κ1) is 23.0. The van der Waals surface area contributed by atoms with E-state index in [-0.39, 0.29) is 17.1 Å². The molecule has 0 unspecified atom stereocenters. The van der Waals surface area contributed by atoms with E-state index >= 15 is 0 Å². The molecular formula is C22H31N7O. The second kappa shape index (κ2) is 10.5. The maximum Gasteiger partial charge on any atom is 0.248 e. The summed E-state index contributed by atoms with van der Waals surface area (Å²) in [5.41, 5.74) is 19.6. The Morgan fingerprint density at radius 3 is 2.53 bits per heavy atom. The van der Waals surface area contributed by atoms with Crippen LogP contribution in [0.2, 0.25) is 0 Å². The van der Waals surface area contributed by atoms with Crippen LogP contribution in [0.25, 0.3) is 0 Å². The smallest absolute Gasteiger partial charge is 0.248 e. The Balaban J connectivity index is 2.25. The number of carbonyl (C=O) groups is 1. The van der Waals surface area contributed by atoms with Gasteiger partial charge in [-0.3, -0.25) is 15.2 Å². The zero-order valence-corrected chi connectivity index (χ0v) is 17.9. The first-order valence-corrected chi connectivity index (χ1v) is 9.89. The summed E-state index contributed by atoms with van der Waals surface area (Å²) in [5.74, 6) is 6.05. The molecule has 1 aliphatic rings. The van der Waals surface area contributed by atoms with E-state index in [4.69, 9.17) is 22.6 Å². The standard InChI is InChI=1S/C22H31N7O/c1-14-4-5-17(21(26)30)12-16(14)6-7-18(23)19(20(24)25)22(27-2)28-13-15-8-10-29(3)11-9-15/h4-5,12,15H,8-11,13,23H2,1-3H3,(H3,24,25)(H2,26,30)(H,27,28)/b19-18-. The lowest BCUT2D eigenvalue weighted by atomic mass is 9.97. The average molecular weight is 410 g/mol. The Kier molecular flexibility index (Phi) is 8.01. The highest BCUT2D eigenvalue weighted by atomic mass is 16.1. The number of aryl methyl sites for hydroxylation is 1. The van der Waals surface area contributed by atoms with Gasteiger partial charge in [0.1, 0.15) is 11.7 Å². The van der Waals surface area contributed by atoms with E-state index in [0.29, 0.717) is 22.9 Å². The van der Waals surface area contributed by atoms with Gasteiger partial charge in [-0.1, -0.05) is 12.0 Å². The number of piperidine rings is 1. The number of hydrogen-bond donors (Lipinski definition) is 5. The van der Waals surface area contributed by atoms with Gasteiger partial charge in [-0.25, -0.2) is 0 Å². The van der Waals surface area contributed by atoms with Crippen molar-refractivity contribution in [1.82, 2.24) is 10.2 Å². The number of amides is 1. The molecule has 0 bridgehead atoms. The zero-order chi connectivity index (χ0) is 22.3. The lowest BCUT2D eigenvalue weighted by Crippen LogP contribution is -2.39. The largest absolute Gasteiger partial charge is 0.391 e. The van der Waals surface area contributed by atoms with Crippen molar-refractivity contribution < 1.29 is 4.79 Å². The fourth-order valence-corrected chi connectivity index (χ4v) is 3.29. The quantitative estimate of drug-likeness (QED) is 0.274. The monoisotopic (exact) mass is 409 g/mol. The van der Waals surface area contributed by atoms with Crippen LogP contribution in [0.15, 0.2) is 34.5 Å². The van der Waals surface area contributed by atoms with E-state index in [9.17, 15) is 4.79 Å². The number of allylic oxidation sites excluding steroid dienone is 1. The van der Waals surface area contributed by atoms with Crippen molar-refractivity contribution in [3.8, 4) is 11.8 Å². The van der Waals surface area contributed by atoms with Crippen molar-refractivity contribution in [3.63, 3.8) is 0 Å². The second-order valence-electron chi connectivity index (χ2n) is 7.55. The fourth-order valence-electron chi connectivity index (χ4n) is 3.29. The van der Waals surface area contributed by atoms with E-state index in [2.05, 4.69) is 34.1 Å². The van der Waals surface area contributed by atoms with Crippen molar-refractivity contribution in [3.05, 3.63) is 46.2 Å². The van der Waals surface area contributed by atoms with Gasteiger partial charge in [0.15, 0.2) is 0 Å². The number of primary amides is 1. The molecule has 1 aromatic carbocycles. The highest BCUT2D eigenvalue weighted by Crippen LogP contribution is 2.15. The van der Waals surface area contributed by atoms with Crippen molar-refractivity contribution in [2.24, 2.45) is 28.1 Å². The Morgan fingerprint density at radius 2 is 1.97 bits per heavy atom. The van der Waals surface area contributed by atoms with Crippen LogP contribution in [0.4, 0.5) is 0 Å². The SMILES string of the molecule is CN=C(NCC1CCN(C)CC1)/C(C(=N)N)=C(\N)C#Cc1cc(C(N)=O)ccc1C. The molecule has 160 valence electrons. The molecule has 1 fully saturated rings. The molecule has 0 atom stereocenters. The van der Waals surface area contributed by atoms with Crippen LogP contribution in [-0.4, -0.2) is 56.2 Å². The van der Waals surface area contributed by atoms with Crippen LogP contribution in [0, 0.1) is 30.1 Å². The Labute approximate surface area is 178 Å². The summed E-state index contributed by atoms with van der Waals surface area (Å²) in [7, 11) is 3.75. The number of rotatable bonds is 5. The maximum absolute atomic E-state index is 11.4. The normalized spacial score (nSPS) is 16.3. The summed E-state index contributed by atoms with van der Waals surface area (Å²) >= 11 is 0. The highest BCUT2D eigenvalue weighted by molar-refractivity contribution is 6.22. The lowest BCUT2D eigenvalue weighted by Gasteiger charge is -2.29. The van der Waals surface area contributed by atoms with E-state index in [1.54, 1.807) is 25.2 Å². The first-order chi connectivity index (χ1) is 14.2. The topological polar surface area (TPSA) is 147 Å². The molecule has 1 aromatic rings. The summed E-state index contributed by atoms with van der Waals surface area (Å²) in [6, 6.07) is 5.05. The third-order valence-corrected chi connectivity index (χ3v) is 5.25. The number of amidine groups is 2. The Bertz CT molecular complexity index is 929. The van der Waals surface area contributed by atoms with Crippen molar-refractivity contribution in [2.75, 3.05) is 33.7 Å². The van der Waals surface area contributed by atoms with Crippen LogP contribution < -0.4 is 22.5 Å². The van der Waals surface area contributed by atoms with Crippen LogP contribution in [0.5, 0.6) is 0 Å². The number of nitrogens with one attached hydrogen (secondary N) is 2. The molecular weight excluding hydrogens is 378 g/mol. The van der Waals surface area contributed by atoms with Crippen molar-refractivity contribution in [2.45, 2.75) is 19.8 Å². The highest BCUT2D eigenvalue weighted by Gasteiger charge is 2.19. The number of carbonyl (C=O) groups excluding carboxylic acids is 1. The summed E-state index contributed by atoms with van der Waals surface area (Å²) < 4.78 is 0. The lowest BCUT2D eigenvalue weighted by molar-refractivity contribution is 0.1000. The van der Waals surface area contributed by atoms with Crippen molar-refractivity contribution >= 4 is 17.6 Å². The number of nitrogens with two attached hydrogens (primary N) is 3. The Hall–Kier alpha value is -3.31. The molecule has 0 aromatic heterocycles. The van der Waals surface area contributed by atoms with Gasteiger partial charge < -0.3 is 27.4 Å². The van der Waals surface area contributed by atoms with Crippen LogP contribution in [0.3, 0.4) is 0 Å². The molecule has 0 aliphatic carbocycles. The van der Waals surface area contributed by atoms with Gasteiger partial charge in [-0.2, -0.15) is 0 Å². The summed E-state index contributed by atoms with van der Waals surface area (Å²) in [5, 5.41) is 11.3. The zero-order valence-electron chi connectivity index (χ0n) is 17.9. The number of hydrogen-bond acceptors (Lipinski definition) is 5. The van der Waals surface area contributed by atoms with Gasteiger partial charge in [0, 0.05) is 24.7 Å². The van der Waals surface area contributed by atoms with E-state index in [1.807, 2.05) is 6.92 Å². The molecule has 8 heteroatoms. The van der Waals surface area contributed by atoms with Crippen LogP contribution in [0.1, 0.15) is 34.3 Å². The first-order valence-electron chi connectivity index (χ1n) is 9.89. The third-order valence-electron chi connectivity index (χ3n) is 5.25. The molecule has 0 saturated carbocycles. The number of aliphatic imine (C=N–C) groups is 1. The molecule has 1 heterocycles. The predicted octanol–water partition coefficient (Wildman–Crippen LogP) is 0.554. The van der Waals surface area contributed by atoms with E-state index in [1.165, 1.54) is 0 Å². The van der Waals surface area contributed by atoms with Gasteiger partial charge in [-0.15, -0.1) is 0 Å². The molecule has 1 aliphatic heterocycles. The van der Waals surface area contributed by atoms with Gasteiger partial charge in [0.05, 0.1) is 11.3 Å².